The number of hydrogen-bond acceptors (Lipinski definition) is 5. The molecule has 3 aromatic rings. The number of H-pyrrole nitrogens is 1. The molecule has 1 aromatic carbocycles. The molecule has 1 atom stereocenters. The third kappa shape index (κ3) is 3.53. The number of benzene rings is 1. The van der Waals surface area contributed by atoms with Crippen LogP contribution in [0.15, 0.2) is 51.8 Å². The molecule has 0 aliphatic carbocycles. The van der Waals surface area contributed by atoms with E-state index in [1.807, 2.05) is 30.3 Å². The number of aromatic amines is 1. The fraction of sp³-hybridized carbons (Fsp3) is 0.300. The van der Waals surface area contributed by atoms with Gasteiger partial charge >= 0.3 is 0 Å². The van der Waals surface area contributed by atoms with E-state index < -0.39 is 0 Å². The number of nitrogens with one attached hydrogen (secondary N) is 1. The van der Waals surface area contributed by atoms with E-state index in [2.05, 4.69) is 15.1 Å². The van der Waals surface area contributed by atoms with Crippen LogP contribution in [0.25, 0.3) is 11.3 Å². The summed E-state index contributed by atoms with van der Waals surface area (Å²) < 4.78 is 5.05. The Balaban J connectivity index is 1.54. The second-order valence-electron chi connectivity index (χ2n) is 6.74. The molecule has 3 heterocycles. The molecule has 0 bridgehead atoms. The zero-order valence-electron chi connectivity index (χ0n) is 15.0. The van der Waals surface area contributed by atoms with Crippen LogP contribution in [0.3, 0.4) is 0 Å². The predicted molar refractivity (Wildman–Crippen MR) is 99.4 cm³/mol. The minimum absolute atomic E-state index is 0.0304. The van der Waals surface area contributed by atoms with E-state index in [1.54, 1.807) is 24.0 Å². The van der Waals surface area contributed by atoms with Crippen LogP contribution in [0, 0.1) is 6.92 Å². The monoisotopic (exact) mass is 364 g/mol. The lowest BCUT2D eigenvalue weighted by Crippen LogP contribution is -2.41. The van der Waals surface area contributed by atoms with E-state index in [0.717, 1.165) is 18.4 Å². The number of nitrogens with zero attached hydrogens (tertiary/aromatic N) is 3. The molecule has 0 saturated carbocycles. The number of hydrogen-bond donors (Lipinski definition) is 1. The third-order valence-corrected chi connectivity index (χ3v) is 4.84. The second-order valence-corrected chi connectivity index (χ2v) is 6.74. The Morgan fingerprint density at radius 3 is 2.74 bits per heavy atom. The van der Waals surface area contributed by atoms with Crippen LogP contribution in [-0.2, 0) is 0 Å². The average Bonchev–Trinajstić information content (AvgIpc) is 3.14. The summed E-state index contributed by atoms with van der Waals surface area (Å²) in [6.45, 7) is 2.85. The van der Waals surface area contributed by atoms with Crippen molar-refractivity contribution in [3.05, 3.63) is 70.1 Å². The van der Waals surface area contributed by atoms with Gasteiger partial charge in [0.25, 0.3) is 11.5 Å². The van der Waals surface area contributed by atoms with Crippen LogP contribution in [-0.4, -0.2) is 39.0 Å². The minimum atomic E-state index is -0.376. The first-order valence-electron chi connectivity index (χ1n) is 9.00. The molecule has 4 rings (SSSR count). The van der Waals surface area contributed by atoms with Gasteiger partial charge in [-0.25, -0.2) is 0 Å². The molecular weight excluding hydrogens is 344 g/mol. The molecule has 7 nitrogen and oxygen atoms in total. The fourth-order valence-electron chi connectivity index (χ4n) is 3.45. The summed E-state index contributed by atoms with van der Waals surface area (Å²) in [5.74, 6) is 0.906. The number of rotatable bonds is 3. The summed E-state index contributed by atoms with van der Waals surface area (Å²) in [5.41, 5.74) is 1.37. The van der Waals surface area contributed by atoms with E-state index in [0.29, 0.717) is 30.5 Å². The quantitative estimate of drug-likeness (QED) is 0.771. The maximum atomic E-state index is 12.9. The molecule has 2 aromatic heterocycles. The van der Waals surface area contributed by atoms with Crippen molar-refractivity contribution < 1.29 is 9.32 Å². The highest BCUT2D eigenvalue weighted by Crippen LogP contribution is 2.25. The summed E-state index contributed by atoms with van der Waals surface area (Å²) in [7, 11) is 0. The summed E-state index contributed by atoms with van der Waals surface area (Å²) in [6, 6.07) is 12.9. The molecule has 1 fully saturated rings. The molecular formula is C20H20N4O3. The number of aromatic nitrogens is 3. The molecule has 138 valence electrons. The number of carbonyl (C=O) groups excluding carboxylic acids is 1. The van der Waals surface area contributed by atoms with Crippen molar-refractivity contribution >= 4 is 5.91 Å². The van der Waals surface area contributed by atoms with Gasteiger partial charge in [-0.15, -0.1) is 0 Å². The summed E-state index contributed by atoms with van der Waals surface area (Å²) in [6.07, 6.45) is 1.73. The molecule has 1 saturated heterocycles. The Labute approximate surface area is 156 Å². The van der Waals surface area contributed by atoms with E-state index in [-0.39, 0.29) is 22.9 Å². The Morgan fingerprint density at radius 2 is 2.04 bits per heavy atom. The van der Waals surface area contributed by atoms with Gasteiger partial charge in [-0.05, 0) is 30.5 Å². The molecule has 1 amide bonds. The lowest BCUT2D eigenvalue weighted by molar-refractivity contribution is 0.0702. The van der Waals surface area contributed by atoms with Crippen molar-refractivity contribution in [3.8, 4) is 11.3 Å². The standard InChI is InChI=1S/C20H20N4O3/c1-13-21-18(23-27-13)15-8-5-11-24(12-15)20(26)16-9-10-17(22-19(16)25)14-6-3-2-4-7-14/h2-4,6-7,9-10,15H,5,8,11-12H2,1H3,(H,22,25)/t15-/m1/s1. The Kier molecular flexibility index (Phi) is 4.58. The molecule has 1 N–H and O–H groups in total. The van der Waals surface area contributed by atoms with Crippen molar-refractivity contribution in [3.63, 3.8) is 0 Å². The fourth-order valence-corrected chi connectivity index (χ4v) is 3.45. The lowest BCUT2D eigenvalue weighted by atomic mass is 9.97. The average molecular weight is 364 g/mol. The summed E-state index contributed by atoms with van der Waals surface area (Å²) >= 11 is 0. The SMILES string of the molecule is Cc1nc([C@@H]2CCCN(C(=O)c3ccc(-c4ccccc4)[nH]c3=O)C2)no1. The highest BCUT2D eigenvalue weighted by atomic mass is 16.5. The van der Waals surface area contributed by atoms with Gasteiger partial charge in [0, 0.05) is 31.6 Å². The van der Waals surface area contributed by atoms with Gasteiger partial charge in [0.05, 0.1) is 0 Å². The van der Waals surface area contributed by atoms with Gasteiger partial charge in [-0.3, -0.25) is 9.59 Å². The van der Waals surface area contributed by atoms with Gasteiger partial charge < -0.3 is 14.4 Å². The maximum absolute atomic E-state index is 12.9. The number of likely N-dealkylation sites (tertiary alicyclic amines) is 1. The Hall–Kier alpha value is -3.22. The van der Waals surface area contributed by atoms with Crippen LogP contribution in [0.1, 0.15) is 40.8 Å². The largest absolute Gasteiger partial charge is 0.340 e. The van der Waals surface area contributed by atoms with Crippen LogP contribution in [0.4, 0.5) is 0 Å². The maximum Gasteiger partial charge on any atom is 0.261 e. The van der Waals surface area contributed by atoms with Crippen molar-refractivity contribution in [1.82, 2.24) is 20.0 Å². The summed E-state index contributed by atoms with van der Waals surface area (Å²) in [5, 5.41) is 3.98. The summed E-state index contributed by atoms with van der Waals surface area (Å²) in [4.78, 5) is 34.2. The molecule has 0 radical (unpaired) electrons. The first-order valence-corrected chi connectivity index (χ1v) is 9.00. The van der Waals surface area contributed by atoms with Crippen LogP contribution in [0.2, 0.25) is 0 Å². The Morgan fingerprint density at radius 1 is 1.22 bits per heavy atom. The highest BCUT2D eigenvalue weighted by Gasteiger charge is 2.29. The zero-order chi connectivity index (χ0) is 18.8. The van der Waals surface area contributed by atoms with Gasteiger partial charge in [0.15, 0.2) is 5.82 Å². The molecule has 1 aliphatic heterocycles. The van der Waals surface area contributed by atoms with E-state index >= 15 is 0 Å². The van der Waals surface area contributed by atoms with Crippen molar-refractivity contribution in [1.29, 1.82) is 0 Å². The smallest absolute Gasteiger partial charge is 0.261 e. The first-order chi connectivity index (χ1) is 13.1. The number of piperidine rings is 1. The van der Waals surface area contributed by atoms with E-state index in [9.17, 15) is 9.59 Å². The van der Waals surface area contributed by atoms with Crippen molar-refractivity contribution in [2.45, 2.75) is 25.7 Å². The van der Waals surface area contributed by atoms with E-state index in [4.69, 9.17) is 4.52 Å². The third-order valence-electron chi connectivity index (χ3n) is 4.84. The molecule has 0 spiro atoms. The zero-order valence-corrected chi connectivity index (χ0v) is 15.0. The van der Waals surface area contributed by atoms with Crippen LogP contribution in [0.5, 0.6) is 0 Å². The predicted octanol–water partition coefficient (Wildman–Crippen LogP) is 2.75. The molecule has 27 heavy (non-hydrogen) atoms. The Bertz CT molecular complexity index is 1010. The first kappa shape index (κ1) is 17.2. The van der Waals surface area contributed by atoms with Crippen molar-refractivity contribution in [2.75, 3.05) is 13.1 Å². The number of carbonyl (C=O) groups is 1. The second kappa shape index (κ2) is 7.19. The molecule has 1 aliphatic rings. The molecule has 0 unspecified atom stereocenters. The van der Waals surface area contributed by atoms with Gasteiger partial charge in [0.1, 0.15) is 5.56 Å². The van der Waals surface area contributed by atoms with Crippen molar-refractivity contribution in [2.24, 2.45) is 0 Å². The number of aryl methyl sites for hydroxylation is 1. The number of pyridine rings is 1. The van der Waals surface area contributed by atoms with Gasteiger partial charge in [0.2, 0.25) is 5.89 Å². The highest BCUT2D eigenvalue weighted by molar-refractivity contribution is 5.94. The lowest BCUT2D eigenvalue weighted by Gasteiger charge is -2.31. The minimum Gasteiger partial charge on any atom is -0.340 e. The van der Waals surface area contributed by atoms with Gasteiger partial charge in [-0.1, -0.05) is 35.5 Å². The topological polar surface area (TPSA) is 92.1 Å². The van der Waals surface area contributed by atoms with Crippen LogP contribution >= 0.6 is 0 Å². The molecule has 7 heteroatoms. The van der Waals surface area contributed by atoms with Crippen LogP contribution < -0.4 is 5.56 Å². The van der Waals surface area contributed by atoms with E-state index in [1.165, 1.54) is 0 Å². The van der Waals surface area contributed by atoms with Gasteiger partial charge in [-0.2, -0.15) is 4.98 Å². The normalized spacial score (nSPS) is 17.1. The number of amides is 1.